The summed E-state index contributed by atoms with van der Waals surface area (Å²) in [5, 5.41) is 121. The van der Waals surface area contributed by atoms with Gasteiger partial charge in [0.2, 0.25) is 5.91 Å². The van der Waals surface area contributed by atoms with Crippen molar-refractivity contribution in [3.63, 3.8) is 0 Å². The van der Waals surface area contributed by atoms with Crippen LogP contribution in [0.4, 0.5) is 0 Å². The van der Waals surface area contributed by atoms with Crippen LogP contribution in [0, 0.1) is 0 Å². The lowest BCUT2D eigenvalue weighted by Crippen LogP contribution is -2.66. The summed E-state index contributed by atoms with van der Waals surface area (Å²) >= 11 is 0. The first-order valence-corrected chi connectivity index (χ1v) is 37.7. The van der Waals surface area contributed by atoms with E-state index in [1.807, 2.05) is 6.08 Å². The van der Waals surface area contributed by atoms with Crippen molar-refractivity contribution in [1.82, 2.24) is 5.32 Å². The number of ether oxygens (including phenoxy) is 6. The molecule has 17 atom stereocenters. The Hall–Kier alpha value is -1.99. The quantitative estimate of drug-likeness (QED) is 0.0199. The Morgan fingerprint density at radius 3 is 1.08 bits per heavy atom. The van der Waals surface area contributed by atoms with Crippen LogP contribution in [0.3, 0.4) is 0 Å². The lowest BCUT2D eigenvalue weighted by atomic mass is 9.96. The van der Waals surface area contributed by atoms with Crippen molar-refractivity contribution < 1.29 is 89.4 Å². The number of amides is 1. The van der Waals surface area contributed by atoms with Crippen molar-refractivity contribution in [1.29, 1.82) is 0 Å². The standard InChI is InChI=1S/C74H137NO18/c1-3-5-7-9-11-13-15-17-19-21-22-23-24-25-26-27-28-29-30-31-32-33-34-36-38-40-42-44-46-48-50-52-62(80)75-57(58(79)51-49-47-45-43-41-39-37-35-20-18-16-14-12-10-8-6-4-2)56-88-72-68(86)65(83)70(60(54-77)90-72)93-74-69(87)66(84)71(61(55-78)91-74)92-73-67(85)64(82)63(81)59(53-76)89-73/h21-22,41,43,49,51,57-61,63-74,76-79,81-87H,3-20,23-40,42,44-48,50,52-56H2,1-2H3,(H,75,80)/b22-21-,43-41+,51-49+. The van der Waals surface area contributed by atoms with Gasteiger partial charge in [-0.15, -0.1) is 0 Å². The number of carbonyl (C=O) groups is 1. The number of aliphatic hydroxyl groups is 11. The molecule has 0 bridgehead atoms. The number of allylic oxidation sites excluding steroid dienone is 5. The van der Waals surface area contributed by atoms with Crippen LogP contribution in [0.25, 0.3) is 0 Å². The zero-order valence-electron chi connectivity index (χ0n) is 58.0. The Balaban J connectivity index is 1.38. The third kappa shape index (κ3) is 37.1. The molecule has 546 valence electrons. The van der Waals surface area contributed by atoms with Gasteiger partial charge in [-0.05, 0) is 57.8 Å². The van der Waals surface area contributed by atoms with Gasteiger partial charge in [-0.1, -0.05) is 269 Å². The van der Waals surface area contributed by atoms with Crippen LogP contribution in [0.15, 0.2) is 36.5 Å². The maximum Gasteiger partial charge on any atom is 0.220 e. The van der Waals surface area contributed by atoms with Crippen LogP contribution in [0.1, 0.15) is 296 Å². The van der Waals surface area contributed by atoms with Gasteiger partial charge in [0.05, 0.1) is 38.6 Å². The van der Waals surface area contributed by atoms with Crippen LogP contribution in [-0.2, 0) is 33.2 Å². The summed E-state index contributed by atoms with van der Waals surface area (Å²) in [5.41, 5.74) is 0. The predicted molar refractivity (Wildman–Crippen MR) is 365 cm³/mol. The molecule has 3 rings (SSSR count). The minimum absolute atomic E-state index is 0.239. The summed E-state index contributed by atoms with van der Waals surface area (Å²) in [6.07, 6.45) is 40.0. The molecule has 0 aromatic carbocycles. The van der Waals surface area contributed by atoms with E-state index in [2.05, 4.69) is 43.5 Å². The van der Waals surface area contributed by atoms with Crippen molar-refractivity contribution in [3.8, 4) is 0 Å². The molecule has 1 amide bonds. The average molecular weight is 1330 g/mol. The van der Waals surface area contributed by atoms with Crippen molar-refractivity contribution in [2.24, 2.45) is 0 Å². The predicted octanol–water partition coefficient (Wildman–Crippen LogP) is 11.2. The molecule has 19 nitrogen and oxygen atoms in total. The molecule has 0 aromatic heterocycles. The molecule has 3 aliphatic rings. The molecular formula is C74H137NO18. The average Bonchev–Trinajstić information content (AvgIpc) is 0.900. The van der Waals surface area contributed by atoms with Crippen molar-refractivity contribution in [3.05, 3.63) is 36.5 Å². The fraction of sp³-hybridized carbons (Fsp3) is 0.905. The van der Waals surface area contributed by atoms with Crippen LogP contribution in [0.2, 0.25) is 0 Å². The summed E-state index contributed by atoms with van der Waals surface area (Å²) in [5.74, 6) is -0.281. The number of hydrogen-bond acceptors (Lipinski definition) is 18. The van der Waals surface area contributed by atoms with Gasteiger partial charge in [0.15, 0.2) is 18.9 Å². The number of aliphatic hydroxyl groups excluding tert-OH is 11. The number of unbranched alkanes of at least 4 members (excludes halogenated alkanes) is 39. The van der Waals surface area contributed by atoms with E-state index in [0.717, 1.165) is 38.5 Å². The molecule has 0 spiro atoms. The van der Waals surface area contributed by atoms with Crippen molar-refractivity contribution in [2.45, 2.75) is 401 Å². The molecule has 0 radical (unpaired) electrons. The Morgan fingerprint density at radius 2 is 0.688 bits per heavy atom. The van der Waals surface area contributed by atoms with Gasteiger partial charge in [0.25, 0.3) is 0 Å². The Labute approximate surface area is 561 Å². The van der Waals surface area contributed by atoms with Crippen molar-refractivity contribution in [2.75, 3.05) is 26.4 Å². The highest BCUT2D eigenvalue weighted by molar-refractivity contribution is 5.76. The van der Waals surface area contributed by atoms with Crippen molar-refractivity contribution >= 4 is 5.91 Å². The molecule has 3 saturated heterocycles. The third-order valence-electron chi connectivity index (χ3n) is 18.9. The van der Waals surface area contributed by atoms with Crippen LogP contribution >= 0.6 is 0 Å². The normalized spacial score (nSPS) is 27.7. The molecule has 3 fully saturated rings. The van der Waals surface area contributed by atoms with Gasteiger partial charge in [-0.3, -0.25) is 4.79 Å². The molecule has 0 aromatic rings. The van der Waals surface area contributed by atoms with Gasteiger partial charge in [0, 0.05) is 6.42 Å². The Bertz CT molecular complexity index is 1830. The number of nitrogens with one attached hydrogen (secondary N) is 1. The van der Waals surface area contributed by atoms with E-state index in [1.165, 1.54) is 225 Å². The van der Waals surface area contributed by atoms with E-state index in [4.69, 9.17) is 28.4 Å². The number of hydrogen-bond donors (Lipinski definition) is 12. The zero-order chi connectivity index (χ0) is 67.5. The molecule has 3 aliphatic heterocycles. The maximum atomic E-state index is 13.4. The lowest BCUT2D eigenvalue weighted by molar-refractivity contribution is -0.379. The second-order valence-corrected chi connectivity index (χ2v) is 27.1. The van der Waals surface area contributed by atoms with Gasteiger partial charge in [-0.2, -0.15) is 0 Å². The Morgan fingerprint density at radius 1 is 0.376 bits per heavy atom. The highest BCUT2D eigenvalue weighted by atomic mass is 16.8. The summed E-state index contributed by atoms with van der Waals surface area (Å²) < 4.78 is 34.4. The smallest absolute Gasteiger partial charge is 0.220 e. The molecule has 12 N–H and O–H groups in total. The fourth-order valence-electron chi connectivity index (χ4n) is 12.8. The molecule has 0 saturated carbocycles. The molecule has 3 heterocycles. The summed E-state index contributed by atoms with van der Waals surface area (Å²) in [7, 11) is 0. The second-order valence-electron chi connectivity index (χ2n) is 27.1. The van der Waals surface area contributed by atoms with E-state index in [9.17, 15) is 61.0 Å². The van der Waals surface area contributed by atoms with E-state index in [1.54, 1.807) is 6.08 Å². The van der Waals surface area contributed by atoms with Crippen LogP contribution < -0.4 is 5.32 Å². The third-order valence-corrected chi connectivity index (χ3v) is 18.9. The van der Waals surface area contributed by atoms with Crippen LogP contribution in [0.5, 0.6) is 0 Å². The topological polar surface area (TPSA) is 307 Å². The SMILES string of the molecule is CCCCCCCCCC/C=C\CCCCCCCCCCCCCCCCCCCCCC(=O)NC(COC1OC(CO)C(OC2OC(CO)C(OC3OC(CO)C(O)C(O)C3O)C(O)C2O)C(O)C1O)C(O)/C=C/CC/C=C/CCCCCCCCCCCCC. The monoisotopic (exact) mass is 1330 g/mol. The highest BCUT2D eigenvalue weighted by Gasteiger charge is 2.53. The number of carbonyl (C=O) groups excluding carboxylic acids is 1. The maximum absolute atomic E-state index is 13.4. The van der Waals surface area contributed by atoms with Gasteiger partial charge < -0.3 is 89.9 Å². The fourth-order valence-corrected chi connectivity index (χ4v) is 12.8. The van der Waals surface area contributed by atoms with Crippen LogP contribution in [-0.4, -0.2) is 193 Å². The van der Waals surface area contributed by atoms with E-state index < -0.39 is 124 Å². The minimum Gasteiger partial charge on any atom is -0.394 e. The van der Waals surface area contributed by atoms with E-state index in [0.29, 0.717) is 12.8 Å². The molecule has 0 aliphatic carbocycles. The second kappa shape index (κ2) is 55.8. The highest BCUT2D eigenvalue weighted by Crippen LogP contribution is 2.33. The van der Waals surface area contributed by atoms with Gasteiger partial charge >= 0.3 is 0 Å². The Kier molecular flexibility index (Phi) is 51.2. The first-order valence-electron chi connectivity index (χ1n) is 37.7. The molecular weight excluding hydrogens is 1190 g/mol. The number of rotatable bonds is 59. The summed E-state index contributed by atoms with van der Waals surface area (Å²) in [4.78, 5) is 13.4. The summed E-state index contributed by atoms with van der Waals surface area (Å²) in [6.45, 7) is 1.74. The molecule has 17 unspecified atom stereocenters. The molecule has 19 heteroatoms. The lowest BCUT2D eigenvalue weighted by Gasteiger charge is -2.48. The molecule has 93 heavy (non-hydrogen) atoms. The van der Waals surface area contributed by atoms with E-state index >= 15 is 0 Å². The first kappa shape index (κ1) is 85.2. The largest absolute Gasteiger partial charge is 0.394 e. The minimum atomic E-state index is -1.98. The van der Waals surface area contributed by atoms with Gasteiger partial charge in [-0.25, -0.2) is 0 Å². The van der Waals surface area contributed by atoms with E-state index in [-0.39, 0.29) is 18.9 Å². The zero-order valence-corrected chi connectivity index (χ0v) is 58.0. The summed E-state index contributed by atoms with van der Waals surface area (Å²) in [6, 6.07) is -0.988. The first-order chi connectivity index (χ1) is 45.3. The van der Waals surface area contributed by atoms with Gasteiger partial charge in [0.1, 0.15) is 73.2 Å².